The van der Waals surface area contributed by atoms with Crippen molar-refractivity contribution in [3.05, 3.63) is 36.3 Å². The van der Waals surface area contributed by atoms with Crippen LogP contribution in [0.25, 0.3) is 5.82 Å². The molecule has 2 heterocycles. The summed E-state index contributed by atoms with van der Waals surface area (Å²) in [6.45, 7) is 4.03. The molecule has 0 spiro atoms. The Morgan fingerprint density at radius 2 is 2.14 bits per heavy atom. The first-order valence-electron chi connectivity index (χ1n) is 4.62. The minimum atomic E-state index is 0.881. The van der Waals surface area contributed by atoms with Crippen molar-refractivity contribution in [3.63, 3.8) is 0 Å². The van der Waals surface area contributed by atoms with Gasteiger partial charge in [0.05, 0.1) is 0 Å². The Bertz CT molecular complexity index is 433. The minimum Gasteiger partial charge on any atom is -0.288 e. The fourth-order valence-electron chi connectivity index (χ4n) is 1.38. The first-order valence-corrected chi connectivity index (χ1v) is 4.62. The number of imidazole rings is 1. The molecule has 0 aliphatic rings. The molecule has 0 fully saturated rings. The van der Waals surface area contributed by atoms with Crippen LogP contribution in [0.2, 0.25) is 0 Å². The molecule has 0 aliphatic heterocycles. The number of hydrogen-bond donors (Lipinski definition) is 0. The smallest absolute Gasteiger partial charge is 0.141 e. The molecule has 0 aromatic carbocycles. The van der Waals surface area contributed by atoms with Gasteiger partial charge in [-0.15, -0.1) is 0 Å². The summed E-state index contributed by atoms with van der Waals surface area (Å²) in [6.07, 6.45) is 6.18. The number of aromatic nitrogens is 4. The number of nitrogens with zero attached hydrogens (tertiary/aromatic N) is 4. The lowest BCUT2D eigenvalue weighted by Gasteiger charge is -2.04. The van der Waals surface area contributed by atoms with Gasteiger partial charge in [0.25, 0.3) is 0 Å². The summed E-state index contributed by atoms with van der Waals surface area (Å²) in [7, 11) is 0. The normalized spacial score (nSPS) is 10.4. The Hall–Kier alpha value is -1.71. The van der Waals surface area contributed by atoms with E-state index in [1.165, 1.54) is 0 Å². The van der Waals surface area contributed by atoms with Crippen molar-refractivity contribution >= 4 is 0 Å². The van der Waals surface area contributed by atoms with E-state index in [1.807, 2.05) is 23.8 Å². The molecule has 0 bridgehead atoms. The summed E-state index contributed by atoms with van der Waals surface area (Å²) >= 11 is 0. The van der Waals surface area contributed by atoms with E-state index in [-0.39, 0.29) is 0 Å². The first-order chi connectivity index (χ1) is 6.81. The SMILES string of the molecule is CCc1nccn1-c1cc(C)ncn1. The Kier molecular flexibility index (Phi) is 2.26. The minimum absolute atomic E-state index is 0.881. The zero-order valence-corrected chi connectivity index (χ0v) is 8.31. The van der Waals surface area contributed by atoms with E-state index in [2.05, 4.69) is 21.9 Å². The summed E-state index contributed by atoms with van der Waals surface area (Å²) < 4.78 is 1.98. The second-order valence-corrected chi connectivity index (χ2v) is 3.08. The fourth-order valence-corrected chi connectivity index (χ4v) is 1.38. The molecule has 0 radical (unpaired) electrons. The van der Waals surface area contributed by atoms with Crippen LogP contribution in [-0.2, 0) is 6.42 Å². The van der Waals surface area contributed by atoms with E-state index in [0.29, 0.717) is 0 Å². The molecule has 0 atom stereocenters. The highest BCUT2D eigenvalue weighted by atomic mass is 15.1. The molecule has 72 valence electrons. The van der Waals surface area contributed by atoms with Crippen molar-refractivity contribution in [3.8, 4) is 5.82 Å². The molecule has 14 heavy (non-hydrogen) atoms. The van der Waals surface area contributed by atoms with Crippen molar-refractivity contribution in [2.24, 2.45) is 0 Å². The Morgan fingerprint density at radius 1 is 1.29 bits per heavy atom. The van der Waals surface area contributed by atoms with Crippen LogP contribution in [0.4, 0.5) is 0 Å². The number of hydrogen-bond acceptors (Lipinski definition) is 3. The van der Waals surface area contributed by atoms with Crippen LogP contribution in [0.1, 0.15) is 18.4 Å². The predicted molar refractivity (Wildman–Crippen MR) is 53.3 cm³/mol. The maximum atomic E-state index is 4.24. The van der Waals surface area contributed by atoms with Gasteiger partial charge in [0.1, 0.15) is 18.0 Å². The maximum Gasteiger partial charge on any atom is 0.141 e. The average molecular weight is 188 g/mol. The van der Waals surface area contributed by atoms with Crippen LogP contribution in [0, 0.1) is 6.92 Å². The average Bonchev–Trinajstić information content (AvgIpc) is 2.65. The van der Waals surface area contributed by atoms with Crippen LogP contribution in [-0.4, -0.2) is 19.5 Å². The van der Waals surface area contributed by atoms with Crippen molar-refractivity contribution in [1.29, 1.82) is 0 Å². The molecule has 0 saturated carbocycles. The highest BCUT2D eigenvalue weighted by Gasteiger charge is 2.03. The van der Waals surface area contributed by atoms with Crippen molar-refractivity contribution in [2.45, 2.75) is 20.3 Å². The summed E-state index contributed by atoms with van der Waals surface area (Å²) in [6, 6.07) is 1.95. The monoisotopic (exact) mass is 188 g/mol. The summed E-state index contributed by atoms with van der Waals surface area (Å²) in [4.78, 5) is 12.5. The first kappa shape index (κ1) is 8.87. The lowest BCUT2D eigenvalue weighted by molar-refractivity contribution is 0.857. The van der Waals surface area contributed by atoms with Gasteiger partial charge in [-0.25, -0.2) is 15.0 Å². The van der Waals surface area contributed by atoms with Gasteiger partial charge in [0.2, 0.25) is 0 Å². The molecule has 0 aliphatic carbocycles. The topological polar surface area (TPSA) is 43.6 Å². The van der Waals surface area contributed by atoms with Crippen molar-refractivity contribution < 1.29 is 0 Å². The molecular formula is C10H12N4. The van der Waals surface area contributed by atoms with E-state index in [9.17, 15) is 0 Å². The van der Waals surface area contributed by atoms with E-state index >= 15 is 0 Å². The Morgan fingerprint density at radius 3 is 2.86 bits per heavy atom. The molecule has 0 amide bonds. The summed E-state index contributed by atoms with van der Waals surface area (Å²) in [5, 5.41) is 0. The van der Waals surface area contributed by atoms with Crippen LogP contribution in [0.3, 0.4) is 0 Å². The highest BCUT2D eigenvalue weighted by molar-refractivity contribution is 5.25. The van der Waals surface area contributed by atoms with Crippen LogP contribution in [0.15, 0.2) is 24.8 Å². The third kappa shape index (κ3) is 1.51. The fraction of sp³-hybridized carbons (Fsp3) is 0.300. The molecule has 0 unspecified atom stereocenters. The van der Waals surface area contributed by atoms with Gasteiger partial charge in [-0.2, -0.15) is 0 Å². The summed E-state index contributed by atoms with van der Waals surface area (Å²) in [5.74, 6) is 1.90. The van der Waals surface area contributed by atoms with Gasteiger partial charge in [-0.1, -0.05) is 6.92 Å². The van der Waals surface area contributed by atoms with Crippen LogP contribution >= 0.6 is 0 Å². The van der Waals surface area contributed by atoms with E-state index in [4.69, 9.17) is 0 Å². The van der Waals surface area contributed by atoms with Gasteiger partial charge >= 0.3 is 0 Å². The van der Waals surface area contributed by atoms with Gasteiger partial charge in [-0.3, -0.25) is 4.57 Å². The zero-order chi connectivity index (χ0) is 9.97. The van der Waals surface area contributed by atoms with Crippen molar-refractivity contribution in [2.75, 3.05) is 0 Å². The van der Waals surface area contributed by atoms with E-state index < -0.39 is 0 Å². The molecular weight excluding hydrogens is 176 g/mol. The second kappa shape index (κ2) is 3.57. The number of aryl methyl sites for hydroxylation is 2. The van der Waals surface area contributed by atoms with Gasteiger partial charge in [0.15, 0.2) is 0 Å². The Labute approximate surface area is 82.7 Å². The van der Waals surface area contributed by atoms with Crippen LogP contribution < -0.4 is 0 Å². The largest absolute Gasteiger partial charge is 0.288 e. The molecule has 0 saturated heterocycles. The molecule has 4 heteroatoms. The van der Waals surface area contributed by atoms with Gasteiger partial charge in [-0.05, 0) is 6.92 Å². The third-order valence-electron chi connectivity index (χ3n) is 2.07. The van der Waals surface area contributed by atoms with Crippen LogP contribution in [0.5, 0.6) is 0 Å². The lowest BCUT2D eigenvalue weighted by atomic mass is 10.4. The third-order valence-corrected chi connectivity index (χ3v) is 2.07. The summed E-state index contributed by atoms with van der Waals surface area (Å²) in [5.41, 5.74) is 0.964. The second-order valence-electron chi connectivity index (χ2n) is 3.08. The molecule has 4 nitrogen and oxygen atoms in total. The quantitative estimate of drug-likeness (QED) is 0.717. The number of rotatable bonds is 2. The van der Waals surface area contributed by atoms with Gasteiger partial charge in [0, 0.05) is 30.6 Å². The van der Waals surface area contributed by atoms with Gasteiger partial charge < -0.3 is 0 Å². The molecule has 2 aromatic rings. The van der Waals surface area contributed by atoms with Crippen molar-refractivity contribution in [1.82, 2.24) is 19.5 Å². The standard InChI is InChI=1S/C10H12N4/c1-3-9-11-4-5-14(9)10-6-8(2)12-7-13-10/h4-7H,3H2,1-2H3. The maximum absolute atomic E-state index is 4.24. The molecule has 2 rings (SSSR count). The molecule has 2 aromatic heterocycles. The Balaban J connectivity index is 2.49. The molecule has 0 N–H and O–H groups in total. The van der Waals surface area contributed by atoms with E-state index in [1.54, 1.807) is 12.5 Å². The highest BCUT2D eigenvalue weighted by Crippen LogP contribution is 2.08. The lowest BCUT2D eigenvalue weighted by Crippen LogP contribution is -2.02. The predicted octanol–water partition coefficient (Wildman–Crippen LogP) is 1.53. The zero-order valence-electron chi connectivity index (χ0n) is 8.31. The van der Waals surface area contributed by atoms with E-state index in [0.717, 1.165) is 23.8 Å².